The molecule has 1 aliphatic rings. The highest BCUT2D eigenvalue weighted by atomic mass is 32.2. The van der Waals surface area contributed by atoms with Crippen LogP contribution >= 0.6 is 11.8 Å². The summed E-state index contributed by atoms with van der Waals surface area (Å²) in [6.07, 6.45) is 2.79. The summed E-state index contributed by atoms with van der Waals surface area (Å²) >= 11 is 0.565. The third-order valence-corrected chi connectivity index (χ3v) is 3.66. The predicted molar refractivity (Wildman–Crippen MR) is 70.4 cm³/mol. The van der Waals surface area contributed by atoms with Crippen LogP contribution in [0.15, 0.2) is 29.2 Å². The normalized spacial score (nSPS) is 23.6. The van der Waals surface area contributed by atoms with Gasteiger partial charge >= 0.3 is 0 Å². The van der Waals surface area contributed by atoms with Gasteiger partial charge in [-0.3, -0.25) is 0 Å². The Kier molecular flexibility index (Phi) is 4.83. The van der Waals surface area contributed by atoms with E-state index in [1.807, 2.05) is 12.1 Å². The number of ether oxygens (including phenoxy) is 1. The van der Waals surface area contributed by atoms with E-state index in [1.165, 1.54) is 0 Å². The summed E-state index contributed by atoms with van der Waals surface area (Å²) in [5, 5.41) is 3.27. The molecule has 5 heteroatoms. The quantitative estimate of drug-likeness (QED) is 0.820. The van der Waals surface area contributed by atoms with Crippen LogP contribution in [0.4, 0.5) is 14.5 Å². The molecule has 1 aromatic rings. The van der Waals surface area contributed by atoms with Gasteiger partial charge in [0, 0.05) is 17.1 Å². The van der Waals surface area contributed by atoms with Crippen LogP contribution in [0.25, 0.3) is 0 Å². The first kappa shape index (κ1) is 13.6. The van der Waals surface area contributed by atoms with Crippen LogP contribution < -0.4 is 5.32 Å². The van der Waals surface area contributed by atoms with Gasteiger partial charge in [0.15, 0.2) is 0 Å². The molecule has 1 aliphatic heterocycles. The van der Waals surface area contributed by atoms with E-state index >= 15 is 0 Å². The van der Waals surface area contributed by atoms with Crippen LogP contribution in [0, 0.1) is 0 Å². The van der Waals surface area contributed by atoms with Gasteiger partial charge in [0.1, 0.15) is 0 Å². The van der Waals surface area contributed by atoms with Crippen molar-refractivity contribution in [3.05, 3.63) is 24.3 Å². The lowest BCUT2D eigenvalue weighted by Crippen LogP contribution is -2.19. The van der Waals surface area contributed by atoms with Gasteiger partial charge in [-0.2, -0.15) is 8.78 Å². The molecule has 1 saturated heterocycles. The van der Waals surface area contributed by atoms with Gasteiger partial charge in [-0.15, -0.1) is 0 Å². The summed E-state index contributed by atoms with van der Waals surface area (Å²) in [5.74, 6) is -2.36. The van der Waals surface area contributed by atoms with Gasteiger partial charge < -0.3 is 10.1 Å². The molecule has 18 heavy (non-hydrogen) atoms. The largest absolute Gasteiger partial charge is 0.382 e. The average molecular weight is 273 g/mol. The summed E-state index contributed by atoms with van der Waals surface area (Å²) in [6, 6.07) is 7.06. The van der Waals surface area contributed by atoms with Crippen LogP contribution in [0.5, 0.6) is 0 Å². The van der Waals surface area contributed by atoms with E-state index in [-0.39, 0.29) is 6.10 Å². The maximum Gasteiger partial charge on any atom is 0.288 e. The van der Waals surface area contributed by atoms with Crippen molar-refractivity contribution in [1.82, 2.24) is 0 Å². The Morgan fingerprint density at radius 3 is 2.61 bits per heavy atom. The predicted octanol–water partition coefficient (Wildman–Crippen LogP) is 3.98. The molecule has 100 valence electrons. The fourth-order valence-corrected chi connectivity index (χ4v) is 2.52. The molecule has 1 fully saturated rings. The van der Waals surface area contributed by atoms with Gasteiger partial charge in [0.05, 0.1) is 12.2 Å². The van der Waals surface area contributed by atoms with E-state index in [0.29, 0.717) is 22.8 Å². The molecule has 0 aromatic heterocycles. The maximum atomic E-state index is 12.1. The third kappa shape index (κ3) is 4.14. The number of benzene rings is 1. The first-order valence-corrected chi connectivity index (χ1v) is 6.95. The highest BCUT2D eigenvalue weighted by molar-refractivity contribution is 7.99. The van der Waals surface area contributed by atoms with Gasteiger partial charge in [0.2, 0.25) is 0 Å². The van der Waals surface area contributed by atoms with Gasteiger partial charge in [-0.05, 0) is 44.0 Å². The van der Waals surface area contributed by atoms with Crippen molar-refractivity contribution in [2.24, 2.45) is 0 Å². The third-order valence-electron chi connectivity index (χ3n) is 2.93. The highest BCUT2D eigenvalue weighted by Crippen LogP contribution is 2.26. The fourth-order valence-electron chi connectivity index (χ4n) is 2.02. The van der Waals surface area contributed by atoms with E-state index in [4.69, 9.17) is 4.74 Å². The monoisotopic (exact) mass is 273 g/mol. The maximum absolute atomic E-state index is 12.1. The van der Waals surface area contributed by atoms with Crippen LogP contribution in [0.2, 0.25) is 0 Å². The molecule has 1 aromatic carbocycles. The van der Waals surface area contributed by atoms with Crippen molar-refractivity contribution in [2.75, 3.05) is 11.9 Å². The Balaban J connectivity index is 1.79. The number of hydrogen-bond donors (Lipinski definition) is 1. The molecule has 2 nitrogen and oxygen atoms in total. The zero-order chi connectivity index (χ0) is 13.0. The number of hydrogen-bond acceptors (Lipinski definition) is 3. The average Bonchev–Trinajstić information content (AvgIpc) is 2.74. The zero-order valence-electron chi connectivity index (χ0n) is 10.2. The van der Waals surface area contributed by atoms with Crippen molar-refractivity contribution >= 4 is 17.4 Å². The van der Waals surface area contributed by atoms with Crippen molar-refractivity contribution in [2.45, 2.75) is 42.6 Å². The molecule has 1 heterocycles. The lowest BCUT2D eigenvalue weighted by molar-refractivity contribution is 0.0637. The summed E-state index contributed by atoms with van der Waals surface area (Å²) in [4.78, 5) is 0.585. The molecule has 2 rings (SSSR count). The number of nitrogens with one attached hydrogen (secondary N) is 1. The highest BCUT2D eigenvalue weighted by Gasteiger charge is 2.21. The number of thioether (sulfide) groups is 1. The van der Waals surface area contributed by atoms with E-state index in [0.717, 1.165) is 25.1 Å². The Bertz CT molecular complexity index is 372. The molecule has 2 unspecified atom stereocenters. The Morgan fingerprint density at radius 1 is 1.33 bits per heavy atom. The number of alkyl halides is 2. The Morgan fingerprint density at radius 2 is 2.06 bits per heavy atom. The topological polar surface area (TPSA) is 21.3 Å². The van der Waals surface area contributed by atoms with Crippen molar-refractivity contribution < 1.29 is 13.5 Å². The summed E-state index contributed by atoms with van der Waals surface area (Å²) in [6.45, 7) is 2.85. The van der Waals surface area contributed by atoms with Gasteiger partial charge in [-0.1, -0.05) is 11.8 Å². The van der Waals surface area contributed by atoms with Crippen molar-refractivity contribution in [1.29, 1.82) is 0 Å². The second kappa shape index (κ2) is 6.38. The minimum atomic E-state index is -2.36. The van der Waals surface area contributed by atoms with Crippen molar-refractivity contribution in [3.63, 3.8) is 0 Å². The fraction of sp³-hybridized carbons (Fsp3) is 0.538. The van der Waals surface area contributed by atoms with E-state index in [2.05, 4.69) is 12.2 Å². The second-order valence-electron chi connectivity index (χ2n) is 4.43. The van der Waals surface area contributed by atoms with Gasteiger partial charge in [-0.25, -0.2) is 0 Å². The van der Waals surface area contributed by atoms with Crippen LogP contribution in [0.1, 0.15) is 19.8 Å². The Labute approximate surface area is 110 Å². The molecule has 0 aliphatic carbocycles. The molecule has 2 atom stereocenters. The van der Waals surface area contributed by atoms with Crippen LogP contribution in [0.3, 0.4) is 0 Å². The first-order valence-electron chi connectivity index (χ1n) is 6.07. The Hall–Kier alpha value is -0.810. The lowest BCUT2D eigenvalue weighted by Gasteiger charge is -2.13. The minimum absolute atomic E-state index is 0.259. The molecular weight excluding hydrogens is 256 g/mol. The lowest BCUT2D eigenvalue weighted by atomic mass is 10.2. The molecule has 0 radical (unpaired) electrons. The first-order chi connectivity index (χ1) is 8.63. The van der Waals surface area contributed by atoms with Crippen LogP contribution in [-0.2, 0) is 4.74 Å². The second-order valence-corrected chi connectivity index (χ2v) is 5.49. The molecule has 0 saturated carbocycles. The van der Waals surface area contributed by atoms with Crippen LogP contribution in [-0.4, -0.2) is 24.5 Å². The zero-order valence-corrected chi connectivity index (χ0v) is 11.1. The molecule has 1 N–H and O–H groups in total. The molecule has 0 spiro atoms. The number of halogens is 2. The van der Waals surface area contributed by atoms with Crippen molar-refractivity contribution in [3.8, 4) is 0 Å². The summed E-state index contributed by atoms with van der Waals surface area (Å²) in [7, 11) is 0. The molecule has 0 amide bonds. The SMILES string of the molecule is CC1CCC(CNc2ccc(SC(F)F)cc2)O1. The smallest absolute Gasteiger partial charge is 0.288 e. The molecule has 0 bridgehead atoms. The summed E-state index contributed by atoms with van der Waals surface area (Å²) < 4.78 is 30.0. The minimum Gasteiger partial charge on any atom is -0.382 e. The standard InChI is InChI=1S/C13H17F2NOS/c1-9-2-5-11(17-9)8-16-10-3-6-12(7-4-10)18-13(14)15/h3-4,6-7,9,11,13,16H,2,5,8H2,1H3. The number of rotatable bonds is 5. The van der Waals surface area contributed by atoms with Gasteiger partial charge in [0.25, 0.3) is 5.76 Å². The summed E-state index contributed by atoms with van der Waals surface area (Å²) in [5.41, 5.74) is 0.941. The van der Waals surface area contributed by atoms with E-state index < -0.39 is 5.76 Å². The molecular formula is C13H17F2NOS. The number of anilines is 1. The van der Waals surface area contributed by atoms with E-state index in [1.54, 1.807) is 12.1 Å². The van der Waals surface area contributed by atoms with E-state index in [9.17, 15) is 8.78 Å².